The van der Waals surface area contributed by atoms with E-state index in [0.717, 1.165) is 31.2 Å². The minimum absolute atomic E-state index is 0.0740. The minimum Gasteiger partial charge on any atom is -0.384 e. The second-order valence-electron chi connectivity index (χ2n) is 9.97. The van der Waals surface area contributed by atoms with Crippen LogP contribution in [0.2, 0.25) is 0 Å². The highest BCUT2D eigenvalue weighted by Crippen LogP contribution is 2.41. The maximum atomic E-state index is 13.5. The topological polar surface area (TPSA) is 100 Å². The number of nitrogens with two attached hydrogens (primary N) is 1. The van der Waals surface area contributed by atoms with E-state index in [4.69, 9.17) is 5.73 Å². The van der Waals surface area contributed by atoms with E-state index in [0.29, 0.717) is 24.2 Å². The van der Waals surface area contributed by atoms with E-state index in [1.807, 2.05) is 25.1 Å². The molecular weight excluding hydrogens is 402 g/mol. The van der Waals surface area contributed by atoms with Crippen molar-refractivity contribution < 1.29 is 9.59 Å². The van der Waals surface area contributed by atoms with E-state index in [1.54, 1.807) is 12.3 Å². The lowest BCUT2D eigenvalue weighted by Crippen LogP contribution is -2.56. The highest BCUT2D eigenvalue weighted by molar-refractivity contribution is 5.88. The van der Waals surface area contributed by atoms with Crippen molar-refractivity contribution in [3.8, 4) is 0 Å². The lowest BCUT2D eigenvalue weighted by atomic mass is 9.66. The summed E-state index contributed by atoms with van der Waals surface area (Å²) < 4.78 is 0. The number of nitrogens with one attached hydrogen (secondary N) is 2. The molecule has 1 aromatic rings. The van der Waals surface area contributed by atoms with Crippen LogP contribution in [0.1, 0.15) is 69.8 Å². The van der Waals surface area contributed by atoms with Crippen molar-refractivity contribution >= 4 is 17.6 Å². The zero-order valence-electron chi connectivity index (χ0n) is 19.8. The Morgan fingerprint density at radius 1 is 1.03 bits per heavy atom. The van der Waals surface area contributed by atoms with Gasteiger partial charge in [-0.3, -0.25) is 9.59 Å². The van der Waals surface area contributed by atoms with Crippen molar-refractivity contribution in [2.75, 3.05) is 26.4 Å². The number of nitrogen functional groups attached to an aromatic ring is 1. The van der Waals surface area contributed by atoms with Crippen LogP contribution in [0.3, 0.4) is 0 Å². The van der Waals surface area contributed by atoms with Crippen LogP contribution in [-0.2, 0) is 16.1 Å². The zero-order valence-corrected chi connectivity index (χ0v) is 19.8. The highest BCUT2D eigenvalue weighted by atomic mass is 16.2. The van der Waals surface area contributed by atoms with Gasteiger partial charge in [0.2, 0.25) is 11.8 Å². The van der Waals surface area contributed by atoms with E-state index in [-0.39, 0.29) is 24.3 Å². The zero-order chi connectivity index (χ0) is 22.9. The van der Waals surface area contributed by atoms with Crippen LogP contribution in [0, 0.1) is 17.8 Å². The molecule has 32 heavy (non-hydrogen) atoms. The molecule has 0 saturated heterocycles. The van der Waals surface area contributed by atoms with Crippen LogP contribution < -0.4 is 16.4 Å². The van der Waals surface area contributed by atoms with Gasteiger partial charge in [-0.2, -0.15) is 0 Å². The Bertz CT molecular complexity index is 706. The molecule has 7 heteroatoms. The Morgan fingerprint density at radius 2 is 1.62 bits per heavy atom. The van der Waals surface area contributed by atoms with Crippen LogP contribution in [0.4, 0.5) is 5.82 Å². The Balaban J connectivity index is 1.80. The lowest BCUT2D eigenvalue weighted by molar-refractivity contribution is -0.132. The van der Waals surface area contributed by atoms with Gasteiger partial charge in [0, 0.05) is 12.7 Å². The smallest absolute Gasteiger partial charge is 0.243 e. The number of hydrogen-bond acceptors (Lipinski definition) is 5. The van der Waals surface area contributed by atoms with Gasteiger partial charge in [-0.15, -0.1) is 0 Å². The first-order valence-electron chi connectivity index (χ1n) is 12.4. The summed E-state index contributed by atoms with van der Waals surface area (Å²) >= 11 is 0. The maximum absolute atomic E-state index is 13.5. The Hall–Kier alpha value is -2.15. The number of nitrogens with zero attached hydrogens (tertiary/aromatic N) is 2. The Morgan fingerprint density at radius 3 is 2.12 bits per heavy atom. The molecule has 1 atom stereocenters. The fourth-order valence-electron chi connectivity index (χ4n) is 5.65. The predicted octanol–water partition coefficient (Wildman–Crippen LogP) is 3.10. The molecule has 0 radical (unpaired) electrons. The second-order valence-corrected chi connectivity index (χ2v) is 9.97. The average Bonchev–Trinajstić information content (AvgIpc) is 2.79. The molecule has 2 aliphatic carbocycles. The molecule has 0 aliphatic heterocycles. The monoisotopic (exact) mass is 443 g/mol. The normalized spacial score (nSPS) is 19.1. The van der Waals surface area contributed by atoms with Crippen molar-refractivity contribution in [3.05, 3.63) is 23.9 Å². The third-order valence-electron chi connectivity index (χ3n) is 7.15. The average molecular weight is 444 g/mol. The molecule has 2 saturated carbocycles. The molecule has 4 N–H and O–H groups in total. The number of pyridine rings is 1. The first-order chi connectivity index (χ1) is 15.4. The van der Waals surface area contributed by atoms with Crippen molar-refractivity contribution in [1.29, 1.82) is 0 Å². The highest BCUT2D eigenvalue weighted by Gasteiger charge is 2.40. The van der Waals surface area contributed by atoms with Crippen molar-refractivity contribution in [1.82, 2.24) is 20.5 Å². The van der Waals surface area contributed by atoms with Gasteiger partial charge >= 0.3 is 0 Å². The third-order valence-corrected chi connectivity index (χ3v) is 7.15. The van der Waals surface area contributed by atoms with Crippen molar-refractivity contribution in [3.63, 3.8) is 0 Å². The summed E-state index contributed by atoms with van der Waals surface area (Å²) in [4.78, 5) is 32.3. The van der Waals surface area contributed by atoms with Crippen LogP contribution in [0.15, 0.2) is 18.3 Å². The molecule has 0 aromatic carbocycles. The summed E-state index contributed by atoms with van der Waals surface area (Å²) in [6.45, 7) is 0.669. The van der Waals surface area contributed by atoms with Crippen LogP contribution in [-0.4, -0.2) is 48.4 Å². The molecule has 0 unspecified atom stereocenters. The van der Waals surface area contributed by atoms with Gasteiger partial charge in [0.05, 0.1) is 6.54 Å². The number of aromatic nitrogens is 1. The second kappa shape index (κ2) is 12.2. The van der Waals surface area contributed by atoms with Crippen LogP contribution >= 0.6 is 0 Å². The molecule has 2 aliphatic rings. The summed E-state index contributed by atoms with van der Waals surface area (Å²) in [6.07, 6.45) is 13.8. The van der Waals surface area contributed by atoms with Crippen molar-refractivity contribution in [2.45, 2.75) is 76.8 Å². The Kier molecular flexibility index (Phi) is 9.33. The molecule has 2 amide bonds. The molecule has 0 spiro atoms. The lowest BCUT2D eigenvalue weighted by Gasteiger charge is -2.42. The quantitative estimate of drug-likeness (QED) is 0.544. The van der Waals surface area contributed by atoms with Gasteiger partial charge in [-0.25, -0.2) is 4.98 Å². The fourth-order valence-corrected chi connectivity index (χ4v) is 5.65. The summed E-state index contributed by atoms with van der Waals surface area (Å²) in [5.41, 5.74) is 6.58. The van der Waals surface area contributed by atoms with Gasteiger partial charge in [0.15, 0.2) is 0 Å². The Labute approximate surface area is 192 Å². The summed E-state index contributed by atoms with van der Waals surface area (Å²) in [5.74, 6) is 1.51. The number of carbonyl (C=O) groups excluding carboxylic acids is 2. The van der Waals surface area contributed by atoms with E-state index >= 15 is 0 Å². The molecule has 2 fully saturated rings. The fraction of sp³-hybridized carbons (Fsp3) is 0.720. The standard InChI is InChI=1S/C25H41N5O2/c1-30(2)17-22(31)29-24(25(32)28-16-18-13-14-21(26)27-15-18)23(19-9-5-3-6-10-19)20-11-7-4-8-12-20/h13-15,19-20,23-24H,3-12,16-17H2,1-2H3,(H2,26,27)(H,28,32)(H,29,31)/t24-/m1/s1. The largest absolute Gasteiger partial charge is 0.384 e. The predicted molar refractivity (Wildman–Crippen MR) is 128 cm³/mol. The van der Waals surface area contributed by atoms with Crippen molar-refractivity contribution in [2.24, 2.45) is 17.8 Å². The molecule has 7 nitrogen and oxygen atoms in total. The number of likely N-dealkylation sites (N-methyl/N-ethyl adjacent to an activating group) is 1. The molecule has 178 valence electrons. The molecular formula is C25H41N5O2. The van der Waals surface area contributed by atoms with Gasteiger partial charge in [0.1, 0.15) is 11.9 Å². The third kappa shape index (κ3) is 7.19. The number of rotatable bonds is 9. The number of anilines is 1. The molecule has 1 heterocycles. The van der Waals surface area contributed by atoms with E-state index in [2.05, 4.69) is 15.6 Å². The first kappa shape index (κ1) is 24.5. The first-order valence-corrected chi connectivity index (χ1v) is 12.4. The maximum Gasteiger partial charge on any atom is 0.243 e. The molecule has 3 rings (SSSR count). The summed E-state index contributed by atoms with van der Waals surface area (Å²) in [5, 5.41) is 6.25. The molecule has 0 bridgehead atoms. The molecule has 1 aromatic heterocycles. The number of hydrogen-bond donors (Lipinski definition) is 3. The van der Waals surface area contributed by atoms with E-state index < -0.39 is 6.04 Å². The number of carbonyl (C=O) groups is 2. The van der Waals surface area contributed by atoms with Gasteiger partial charge in [-0.1, -0.05) is 70.3 Å². The van der Waals surface area contributed by atoms with Gasteiger partial charge in [-0.05, 0) is 43.5 Å². The van der Waals surface area contributed by atoms with Crippen LogP contribution in [0.25, 0.3) is 0 Å². The SMILES string of the molecule is CN(C)CC(=O)N[C@@H](C(=O)NCc1ccc(N)nc1)C(C1CCCCC1)C1CCCCC1. The van der Waals surface area contributed by atoms with E-state index in [9.17, 15) is 9.59 Å². The summed E-state index contributed by atoms with van der Waals surface area (Å²) in [6, 6.07) is 3.13. The summed E-state index contributed by atoms with van der Waals surface area (Å²) in [7, 11) is 3.75. The van der Waals surface area contributed by atoms with Crippen LogP contribution in [0.5, 0.6) is 0 Å². The van der Waals surface area contributed by atoms with Gasteiger partial charge < -0.3 is 21.3 Å². The van der Waals surface area contributed by atoms with E-state index in [1.165, 1.54) is 38.5 Å². The van der Waals surface area contributed by atoms with Gasteiger partial charge in [0.25, 0.3) is 0 Å². The number of amides is 2. The minimum atomic E-state index is -0.490.